The van der Waals surface area contributed by atoms with E-state index in [2.05, 4.69) is 0 Å². The third kappa shape index (κ3) is 2.58. The first-order valence-electron chi connectivity index (χ1n) is 6.39. The lowest BCUT2D eigenvalue weighted by atomic mass is 10.1. The van der Waals surface area contributed by atoms with Crippen LogP contribution in [0.25, 0.3) is 0 Å². The minimum Gasteiger partial charge on any atom is -0.505 e. The van der Waals surface area contributed by atoms with Crippen LogP contribution in [0.2, 0.25) is 10.0 Å². The van der Waals surface area contributed by atoms with E-state index >= 15 is 0 Å². The average molecular weight is 342 g/mol. The molecule has 1 aliphatic rings. The van der Waals surface area contributed by atoms with Gasteiger partial charge in [-0.05, 0) is 24.3 Å². The largest absolute Gasteiger partial charge is 0.505 e. The number of halogens is 3. The Morgan fingerprint density at radius 2 is 1.91 bits per heavy atom. The average Bonchev–Trinajstić information content (AvgIpc) is 2.50. The molecule has 0 spiro atoms. The van der Waals surface area contributed by atoms with Crippen molar-refractivity contribution in [1.29, 1.82) is 0 Å². The van der Waals surface area contributed by atoms with Crippen LogP contribution in [0.1, 0.15) is 10.4 Å². The Balaban J connectivity index is 2.02. The number of anilines is 1. The molecule has 2 aromatic rings. The Morgan fingerprint density at radius 3 is 2.59 bits per heavy atom. The fourth-order valence-electron chi connectivity index (χ4n) is 2.25. The van der Waals surface area contributed by atoms with Crippen LogP contribution >= 0.6 is 23.2 Å². The lowest BCUT2D eigenvalue weighted by Gasteiger charge is -2.29. The SMILES string of the molecule is O=C(c1cc(Cl)c(O)c(Cl)c1)N1CCOc2ccc(F)cc21. The fraction of sp³-hybridized carbons (Fsp3) is 0.133. The second kappa shape index (κ2) is 5.66. The van der Waals surface area contributed by atoms with Crippen molar-refractivity contribution in [2.75, 3.05) is 18.1 Å². The Hall–Kier alpha value is -1.98. The summed E-state index contributed by atoms with van der Waals surface area (Å²) in [4.78, 5) is 14.0. The molecule has 2 aromatic carbocycles. The number of fused-ring (bicyclic) bond motifs is 1. The van der Waals surface area contributed by atoms with E-state index in [-0.39, 0.29) is 27.9 Å². The molecule has 22 heavy (non-hydrogen) atoms. The summed E-state index contributed by atoms with van der Waals surface area (Å²) in [6.45, 7) is 0.565. The van der Waals surface area contributed by atoms with Gasteiger partial charge in [-0.3, -0.25) is 4.79 Å². The van der Waals surface area contributed by atoms with Gasteiger partial charge in [-0.15, -0.1) is 0 Å². The molecule has 0 aromatic heterocycles. The predicted molar refractivity (Wildman–Crippen MR) is 81.7 cm³/mol. The van der Waals surface area contributed by atoms with Gasteiger partial charge in [-0.25, -0.2) is 4.39 Å². The monoisotopic (exact) mass is 341 g/mol. The van der Waals surface area contributed by atoms with Gasteiger partial charge in [0.15, 0.2) is 5.75 Å². The van der Waals surface area contributed by atoms with Gasteiger partial charge in [0.1, 0.15) is 18.2 Å². The second-order valence-corrected chi connectivity index (χ2v) is 5.52. The summed E-state index contributed by atoms with van der Waals surface area (Å²) < 4.78 is 18.9. The Morgan fingerprint density at radius 1 is 1.23 bits per heavy atom. The number of phenolic OH excluding ortho intramolecular Hbond substituents is 1. The Kier molecular flexibility index (Phi) is 3.85. The van der Waals surface area contributed by atoms with Crippen LogP contribution in [0.15, 0.2) is 30.3 Å². The molecule has 0 saturated carbocycles. The van der Waals surface area contributed by atoms with Crippen molar-refractivity contribution in [2.24, 2.45) is 0 Å². The van der Waals surface area contributed by atoms with E-state index in [0.717, 1.165) is 0 Å². The van der Waals surface area contributed by atoms with Gasteiger partial charge in [0, 0.05) is 11.6 Å². The normalized spacial score (nSPS) is 13.5. The summed E-state index contributed by atoms with van der Waals surface area (Å²) >= 11 is 11.7. The van der Waals surface area contributed by atoms with Crippen molar-refractivity contribution in [3.63, 3.8) is 0 Å². The molecule has 1 amide bonds. The molecule has 0 bridgehead atoms. The number of hydrogen-bond acceptors (Lipinski definition) is 3. The van der Waals surface area contributed by atoms with Crippen LogP contribution in [-0.4, -0.2) is 24.2 Å². The van der Waals surface area contributed by atoms with Gasteiger partial charge in [-0.1, -0.05) is 23.2 Å². The molecule has 7 heteroatoms. The van der Waals surface area contributed by atoms with Crippen LogP contribution in [0.3, 0.4) is 0 Å². The maximum absolute atomic E-state index is 13.4. The summed E-state index contributed by atoms with van der Waals surface area (Å²) in [5, 5.41) is 9.51. The maximum Gasteiger partial charge on any atom is 0.258 e. The molecule has 3 rings (SSSR count). The van der Waals surface area contributed by atoms with E-state index in [9.17, 15) is 14.3 Å². The molecule has 1 heterocycles. The first-order chi connectivity index (χ1) is 10.5. The molecule has 0 saturated heterocycles. The Bertz CT molecular complexity index is 743. The summed E-state index contributed by atoms with van der Waals surface area (Å²) in [6.07, 6.45) is 0. The highest BCUT2D eigenvalue weighted by Crippen LogP contribution is 2.36. The highest BCUT2D eigenvalue weighted by Gasteiger charge is 2.26. The van der Waals surface area contributed by atoms with Crippen LogP contribution in [0, 0.1) is 5.82 Å². The lowest BCUT2D eigenvalue weighted by molar-refractivity contribution is 0.0976. The minimum absolute atomic E-state index is 0.0245. The van der Waals surface area contributed by atoms with Gasteiger partial charge >= 0.3 is 0 Å². The van der Waals surface area contributed by atoms with Crippen LogP contribution in [-0.2, 0) is 0 Å². The lowest BCUT2D eigenvalue weighted by Crippen LogP contribution is -2.38. The molecule has 1 aliphatic heterocycles. The number of ether oxygens (including phenoxy) is 1. The van der Waals surface area contributed by atoms with Crippen LogP contribution < -0.4 is 9.64 Å². The van der Waals surface area contributed by atoms with Crippen molar-refractivity contribution >= 4 is 34.8 Å². The van der Waals surface area contributed by atoms with Gasteiger partial charge in [0.25, 0.3) is 5.91 Å². The van der Waals surface area contributed by atoms with Crippen molar-refractivity contribution in [1.82, 2.24) is 0 Å². The summed E-state index contributed by atoms with van der Waals surface area (Å²) in [5.74, 6) is -0.729. The van der Waals surface area contributed by atoms with E-state index in [1.807, 2.05) is 0 Å². The smallest absolute Gasteiger partial charge is 0.258 e. The van der Waals surface area contributed by atoms with Gasteiger partial charge in [0.05, 0.1) is 22.3 Å². The molecule has 0 radical (unpaired) electrons. The van der Waals surface area contributed by atoms with Crippen molar-refractivity contribution < 1.29 is 19.0 Å². The topological polar surface area (TPSA) is 49.8 Å². The number of hydrogen-bond donors (Lipinski definition) is 1. The van der Waals surface area contributed by atoms with Gasteiger partial charge in [-0.2, -0.15) is 0 Å². The van der Waals surface area contributed by atoms with E-state index in [1.54, 1.807) is 0 Å². The van der Waals surface area contributed by atoms with E-state index < -0.39 is 11.7 Å². The van der Waals surface area contributed by atoms with Gasteiger partial charge in [0.2, 0.25) is 0 Å². The number of nitrogens with zero attached hydrogens (tertiary/aromatic N) is 1. The molecule has 1 N–H and O–H groups in total. The zero-order valence-corrected chi connectivity index (χ0v) is 12.7. The number of amides is 1. The highest BCUT2D eigenvalue weighted by atomic mass is 35.5. The third-order valence-corrected chi connectivity index (χ3v) is 3.87. The molecule has 114 valence electrons. The maximum atomic E-state index is 13.4. The molecule has 4 nitrogen and oxygen atoms in total. The summed E-state index contributed by atoms with van der Waals surface area (Å²) in [6, 6.07) is 6.61. The summed E-state index contributed by atoms with van der Waals surface area (Å²) in [7, 11) is 0. The second-order valence-electron chi connectivity index (χ2n) is 4.71. The number of phenols is 1. The first-order valence-corrected chi connectivity index (χ1v) is 7.15. The Labute approximate surface area is 135 Å². The van der Waals surface area contributed by atoms with E-state index in [1.165, 1.54) is 35.2 Å². The van der Waals surface area contributed by atoms with Crippen LogP contribution in [0.5, 0.6) is 11.5 Å². The van der Waals surface area contributed by atoms with E-state index in [4.69, 9.17) is 27.9 Å². The standard InChI is InChI=1S/C15H10Cl2FNO3/c16-10-5-8(6-11(17)14(10)20)15(21)19-3-4-22-13-2-1-9(18)7-12(13)19/h1-2,5-7,20H,3-4H2. The molecular formula is C15H10Cl2FNO3. The molecule has 0 aliphatic carbocycles. The van der Waals surface area contributed by atoms with Crippen molar-refractivity contribution in [3.05, 3.63) is 51.8 Å². The molecule has 0 unspecified atom stereocenters. The summed E-state index contributed by atoms with van der Waals surface area (Å²) in [5.41, 5.74) is 0.543. The van der Waals surface area contributed by atoms with Crippen molar-refractivity contribution in [3.8, 4) is 11.5 Å². The number of carbonyl (C=O) groups excluding carboxylic acids is 1. The molecule has 0 fully saturated rings. The minimum atomic E-state index is -0.469. The molecule has 0 atom stereocenters. The predicted octanol–water partition coefficient (Wildman–Crippen LogP) is 3.88. The van der Waals surface area contributed by atoms with Crippen molar-refractivity contribution in [2.45, 2.75) is 0 Å². The number of carbonyl (C=O) groups is 1. The quantitative estimate of drug-likeness (QED) is 0.856. The van der Waals surface area contributed by atoms with Crippen LogP contribution in [0.4, 0.5) is 10.1 Å². The van der Waals surface area contributed by atoms with E-state index in [0.29, 0.717) is 18.0 Å². The third-order valence-electron chi connectivity index (χ3n) is 3.29. The number of aromatic hydroxyl groups is 1. The zero-order chi connectivity index (χ0) is 15.9. The number of rotatable bonds is 1. The molecular weight excluding hydrogens is 332 g/mol. The van der Waals surface area contributed by atoms with Gasteiger partial charge < -0.3 is 14.7 Å². The first kappa shape index (κ1) is 14.9. The fourth-order valence-corrected chi connectivity index (χ4v) is 2.73. The zero-order valence-electron chi connectivity index (χ0n) is 11.1. The highest BCUT2D eigenvalue weighted by molar-refractivity contribution is 6.37. The number of benzene rings is 2.